The number of hydrogen-bond acceptors (Lipinski definition) is 7. The van der Waals surface area contributed by atoms with E-state index in [9.17, 15) is 22.4 Å². The van der Waals surface area contributed by atoms with Gasteiger partial charge in [0.15, 0.2) is 11.5 Å². The number of nitrogens with zero attached hydrogens (tertiary/aromatic N) is 1. The Morgan fingerprint density at radius 2 is 1.78 bits per heavy atom. The second-order valence-electron chi connectivity index (χ2n) is 7.97. The molecule has 0 N–H and O–H groups in total. The number of benzene rings is 3. The molecule has 3 aromatic rings. The Morgan fingerprint density at radius 1 is 1.08 bits per heavy atom. The molecule has 4 rings (SSSR count). The maximum atomic E-state index is 14.0. The summed E-state index contributed by atoms with van der Waals surface area (Å²) in [7, 11) is -4.13. The van der Waals surface area contributed by atoms with Crippen LogP contribution in [0.3, 0.4) is 0 Å². The standard InChI is InChI=1S/C26H21FINO6S2/c1-3-34-22-13-17(12-21(28)24(22)35-37(32,33)19-10-8-16(2)9-11-19)14-23-25(30)29(26(31)36-23)15-18-6-4-5-7-20(18)27/h4-14H,3,15H2,1-2H3/b23-14-. The lowest BCUT2D eigenvalue weighted by molar-refractivity contribution is -0.123. The minimum absolute atomic E-state index is 0.00366. The van der Waals surface area contributed by atoms with Gasteiger partial charge in [0, 0.05) is 5.56 Å². The van der Waals surface area contributed by atoms with Crippen molar-refractivity contribution in [3.63, 3.8) is 0 Å². The van der Waals surface area contributed by atoms with Crippen molar-refractivity contribution in [3.8, 4) is 11.5 Å². The van der Waals surface area contributed by atoms with Gasteiger partial charge in [-0.15, -0.1) is 0 Å². The highest BCUT2D eigenvalue weighted by molar-refractivity contribution is 14.1. The molecule has 192 valence electrons. The summed E-state index contributed by atoms with van der Waals surface area (Å²) in [5.74, 6) is -0.860. The van der Waals surface area contributed by atoms with Crippen molar-refractivity contribution >= 4 is 61.7 Å². The van der Waals surface area contributed by atoms with Crippen LogP contribution in [0.2, 0.25) is 0 Å². The third-order valence-electron chi connectivity index (χ3n) is 5.29. The second-order valence-corrected chi connectivity index (χ2v) is 11.7. The highest BCUT2D eigenvalue weighted by atomic mass is 127. The number of aryl methyl sites for hydroxylation is 1. The molecule has 1 aliphatic rings. The van der Waals surface area contributed by atoms with Crippen LogP contribution in [0.25, 0.3) is 6.08 Å². The molecule has 1 fully saturated rings. The van der Waals surface area contributed by atoms with Gasteiger partial charge in [-0.3, -0.25) is 14.5 Å². The molecule has 0 radical (unpaired) electrons. The summed E-state index contributed by atoms with van der Waals surface area (Å²) in [4.78, 5) is 26.6. The van der Waals surface area contributed by atoms with Gasteiger partial charge in [0.25, 0.3) is 11.1 Å². The number of ether oxygens (including phenoxy) is 1. The zero-order valence-corrected chi connectivity index (χ0v) is 23.5. The number of carbonyl (C=O) groups is 2. The van der Waals surface area contributed by atoms with Crippen LogP contribution in [0, 0.1) is 16.3 Å². The Labute approximate surface area is 231 Å². The van der Waals surface area contributed by atoms with Crippen molar-refractivity contribution in [2.75, 3.05) is 6.61 Å². The van der Waals surface area contributed by atoms with Gasteiger partial charge in [0.2, 0.25) is 0 Å². The van der Waals surface area contributed by atoms with Crippen molar-refractivity contribution in [1.29, 1.82) is 0 Å². The number of carbonyl (C=O) groups excluding carboxylic acids is 2. The van der Waals surface area contributed by atoms with Crippen LogP contribution in [0.5, 0.6) is 11.5 Å². The van der Waals surface area contributed by atoms with E-state index < -0.39 is 27.1 Å². The van der Waals surface area contributed by atoms with Gasteiger partial charge >= 0.3 is 10.1 Å². The fourth-order valence-corrected chi connectivity index (χ4v) is 6.14. The topological polar surface area (TPSA) is 90.0 Å². The predicted molar refractivity (Wildman–Crippen MR) is 147 cm³/mol. The maximum Gasteiger partial charge on any atom is 0.339 e. The minimum atomic E-state index is -4.13. The van der Waals surface area contributed by atoms with Crippen LogP contribution in [0.15, 0.2) is 70.5 Å². The number of halogens is 2. The summed E-state index contributed by atoms with van der Waals surface area (Å²) < 4.78 is 51.3. The molecule has 1 saturated heterocycles. The number of rotatable bonds is 8. The van der Waals surface area contributed by atoms with Crippen LogP contribution in [0.4, 0.5) is 9.18 Å². The average molecular weight is 653 g/mol. The molecule has 0 saturated carbocycles. The third kappa shape index (κ3) is 6.16. The normalized spacial score (nSPS) is 14.9. The Kier molecular flexibility index (Phi) is 8.24. The van der Waals surface area contributed by atoms with E-state index in [1.54, 1.807) is 31.2 Å². The first-order chi connectivity index (χ1) is 17.6. The zero-order chi connectivity index (χ0) is 26.7. The molecule has 0 unspecified atom stereocenters. The molecule has 1 aliphatic heterocycles. The fourth-order valence-electron chi connectivity index (χ4n) is 3.46. The monoisotopic (exact) mass is 653 g/mol. The van der Waals surface area contributed by atoms with Crippen LogP contribution >= 0.6 is 34.4 Å². The number of thioether (sulfide) groups is 1. The molecule has 0 aromatic heterocycles. The molecule has 0 aliphatic carbocycles. The van der Waals surface area contributed by atoms with Gasteiger partial charge in [-0.1, -0.05) is 35.9 Å². The average Bonchev–Trinajstić information content (AvgIpc) is 3.10. The SMILES string of the molecule is CCOc1cc(/C=C2\SC(=O)N(Cc3ccccc3F)C2=O)cc(I)c1OS(=O)(=O)c1ccc(C)cc1. The number of amides is 2. The van der Waals surface area contributed by atoms with E-state index in [0.29, 0.717) is 9.13 Å². The molecule has 3 aromatic carbocycles. The van der Waals surface area contributed by atoms with Crippen molar-refractivity contribution in [2.24, 2.45) is 0 Å². The molecular formula is C26H21FINO6S2. The number of hydrogen-bond donors (Lipinski definition) is 0. The smallest absolute Gasteiger partial charge is 0.339 e. The van der Waals surface area contributed by atoms with E-state index in [1.165, 1.54) is 42.5 Å². The first-order valence-electron chi connectivity index (χ1n) is 11.1. The molecule has 37 heavy (non-hydrogen) atoms. The molecule has 0 spiro atoms. The predicted octanol–water partition coefficient (Wildman–Crippen LogP) is 6.14. The number of imide groups is 1. The highest BCUT2D eigenvalue weighted by Gasteiger charge is 2.35. The fraction of sp³-hybridized carbons (Fsp3) is 0.154. The summed E-state index contributed by atoms with van der Waals surface area (Å²) in [6, 6.07) is 15.4. The van der Waals surface area contributed by atoms with Crippen LogP contribution in [0.1, 0.15) is 23.6 Å². The Morgan fingerprint density at radius 3 is 2.46 bits per heavy atom. The van der Waals surface area contributed by atoms with E-state index >= 15 is 0 Å². The second kappa shape index (κ2) is 11.2. The lowest BCUT2D eigenvalue weighted by Crippen LogP contribution is -2.27. The maximum absolute atomic E-state index is 14.0. The quantitative estimate of drug-likeness (QED) is 0.164. The molecule has 7 nitrogen and oxygen atoms in total. The Balaban J connectivity index is 1.62. The lowest BCUT2D eigenvalue weighted by Gasteiger charge is -2.15. The largest absolute Gasteiger partial charge is 0.490 e. The van der Waals surface area contributed by atoms with Gasteiger partial charge in [0.1, 0.15) is 10.7 Å². The summed E-state index contributed by atoms with van der Waals surface area (Å²) in [5.41, 5.74) is 1.64. The molecule has 0 bridgehead atoms. The van der Waals surface area contributed by atoms with E-state index in [0.717, 1.165) is 22.2 Å². The summed E-state index contributed by atoms with van der Waals surface area (Å²) in [6.07, 6.45) is 1.51. The van der Waals surface area contributed by atoms with Crippen molar-refractivity contribution in [1.82, 2.24) is 4.90 Å². The van der Waals surface area contributed by atoms with Gasteiger partial charge in [-0.05, 0) is 90.2 Å². The zero-order valence-electron chi connectivity index (χ0n) is 19.7. The minimum Gasteiger partial charge on any atom is -0.490 e. The van der Waals surface area contributed by atoms with E-state index in [1.807, 2.05) is 29.5 Å². The highest BCUT2D eigenvalue weighted by Crippen LogP contribution is 2.39. The van der Waals surface area contributed by atoms with Crippen molar-refractivity contribution in [3.05, 3.63) is 91.6 Å². The lowest BCUT2D eigenvalue weighted by atomic mass is 10.1. The van der Waals surface area contributed by atoms with Crippen molar-refractivity contribution < 1.29 is 31.3 Å². The first kappa shape index (κ1) is 27.1. The molecule has 2 amide bonds. The van der Waals surface area contributed by atoms with Gasteiger partial charge in [-0.25, -0.2) is 4.39 Å². The van der Waals surface area contributed by atoms with E-state index in [4.69, 9.17) is 8.92 Å². The molecule has 1 heterocycles. The van der Waals surface area contributed by atoms with Crippen LogP contribution in [-0.2, 0) is 21.5 Å². The Bertz CT molecular complexity index is 1510. The van der Waals surface area contributed by atoms with Crippen molar-refractivity contribution in [2.45, 2.75) is 25.3 Å². The van der Waals surface area contributed by atoms with Gasteiger partial charge in [0.05, 0.1) is 21.6 Å². The molecule has 11 heteroatoms. The van der Waals surface area contributed by atoms with E-state index in [-0.39, 0.29) is 40.0 Å². The molecule has 0 atom stereocenters. The Hall–Kier alpha value is -2.90. The summed E-state index contributed by atoms with van der Waals surface area (Å²) >= 11 is 2.67. The van der Waals surface area contributed by atoms with Gasteiger partial charge in [-0.2, -0.15) is 8.42 Å². The summed E-state index contributed by atoms with van der Waals surface area (Å²) in [6.45, 7) is 3.65. The van der Waals surface area contributed by atoms with Crippen LogP contribution in [-0.4, -0.2) is 31.1 Å². The summed E-state index contributed by atoms with van der Waals surface area (Å²) in [5, 5.41) is -0.511. The third-order valence-corrected chi connectivity index (χ3v) is 8.24. The first-order valence-corrected chi connectivity index (χ1v) is 14.4. The van der Waals surface area contributed by atoms with Crippen LogP contribution < -0.4 is 8.92 Å². The molecular weight excluding hydrogens is 632 g/mol. The van der Waals surface area contributed by atoms with E-state index in [2.05, 4.69) is 0 Å². The van der Waals surface area contributed by atoms with Gasteiger partial charge < -0.3 is 8.92 Å².